The molecule has 17 heavy (non-hydrogen) atoms. The first-order valence-corrected chi connectivity index (χ1v) is 4.41. The normalized spacial score (nSPS) is 10.4. The van der Waals surface area contributed by atoms with Gasteiger partial charge in [0.15, 0.2) is 5.82 Å². The molecular weight excluding hydrogens is 231 g/mol. The molecule has 1 aromatic carbocycles. The first-order chi connectivity index (χ1) is 8.00. The van der Waals surface area contributed by atoms with Crippen molar-refractivity contribution in [2.75, 3.05) is 11.6 Å². The SMILES string of the molecule is Nc1nnc(-c2ccc(F)cc2[N+](=O)[O-])n1N. The number of aromatic nitrogens is 3. The third-order valence-corrected chi connectivity index (χ3v) is 2.12. The molecule has 1 aromatic heterocycles. The molecule has 2 aromatic rings. The van der Waals surface area contributed by atoms with Crippen molar-refractivity contribution in [3.05, 3.63) is 34.1 Å². The molecule has 0 unspecified atom stereocenters. The van der Waals surface area contributed by atoms with Crippen molar-refractivity contribution in [1.29, 1.82) is 0 Å². The van der Waals surface area contributed by atoms with Crippen LogP contribution < -0.4 is 11.6 Å². The van der Waals surface area contributed by atoms with E-state index >= 15 is 0 Å². The molecule has 2 rings (SSSR count). The fourth-order valence-electron chi connectivity index (χ4n) is 1.33. The predicted octanol–water partition coefficient (Wildman–Crippen LogP) is 0.288. The molecule has 0 saturated carbocycles. The zero-order valence-corrected chi connectivity index (χ0v) is 8.37. The second kappa shape index (κ2) is 3.70. The number of nitrogens with zero attached hydrogens (tertiary/aromatic N) is 4. The molecule has 0 fully saturated rings. The maximum absolute atomic E-state index is 12.9. The molecule has 0 atom stereocenters. The number of halogens is 1. The molecule has 0 aliphatic heterocycles. The first-order valence-electron chi connectivity index (χ1n) is 4.41. The van der Waals surface area contributed by atoms with Crippen molar-refractivity contribution in [3.63, 3.8) is 0 Å². The summed E-state index contributed by atoms with van der Waals surface area (Å²) in [4.78, 5) is 10.0. The molecule has 0 radical (unpaired) electrons. The number of rotatable bonds is 2. The second-order valence-corrected chi connectivity index (χ2v) is 3.17. The van der Waals surface area contributed by atoms with Gasteiger partial charge in [-0.1, -0.05) is 0 Å². The molecule has 0 bridgehead atoms. The monoisotopic (exact) mass is 238 g/mol. The van der Waals surface area contributed by atoms with Crippen LogP contribution in [0.25, 0.3) is 11.4 Å². The summed E-state index contributed by atoms with van der Waals surface area (Å²) < 4.78 is 13.8. The summed E-state index contributed by atoms with van der Waals surface area (Å²) in [5.41, 5.74) is 4.94. The number of nitro benzene ring substituents is 1. The number of anilines is 1. The van der Waals surface area contributed by atoms with E-state index in [9.17, 15) is 14.5 Å². The van der Waals surface area contributed by atoms with Gasteiger partial charge in [-0.3, -0.25) is 10.1 Å². The van der Waals surface area contributed by atoms with Crippen LogP contribution >= 0.6 is 0 Å². The van der Waals surface area contributed by atoms with Gasteiger partial charge in [0, 0.05) is 0 Å². The molecule has 0 amide bonds. The van der Waals surface area contributed by atoms with E-state index in [4.69, 9.17) is 11.6 Å². The van der Waals surface area contributed by atoms with Gasteiger partial charge in [0.25, 0.3) is 5.69 Å². The molecule has 9 heteroatoms. The van der Waals surface area contributed by atoms with Crippen LogP contribution in [0, 0.1) is 15.9 Å². The molecule has 8 nitrogen and oxygen atoms in total. The maximum atomic E-state index is 12.9. The highest BCUT2D eigenvalue weighted by molar-refractivity contribution is 5.68. The van der Waals surface area contributed by atoms with Crippen molar-refractivity contribution in [2.45, 2.75) is 0 Å². The Balaban J connectivity index is 2.67. The van der Waals surface area contributed by atoms with Gasteiger partial charge in [-0.2, -0.15) is 0 Å². The standard InChI is InChI=1S/C8H7FN6O2/c9-4-1-2-5(6(3-4)15(16)17)7-12-13-8(10)14(7)11/h1-3H,11H2,(H2,10,13). The van der Waals surface area contributed by atoms with Crippen molar-refractivity contribution < 1.29 is 9.31 Å². The summed E-state index contributed by atoms with van der Waals surface area (Å²) in [6, 6.07) is 3.04. The van der Waals surface area contributed by atoms with Crippen LogP contribution in [0.15, 0.2) is 18.2 Å². The number of nitrogen functional groups attached to an aromatic ring is 2. The van der Waals surface area contributed by atoms with Gasteiger partial charge >= 0.3 is 0 Å². The topological polar surface area (TPSA) is 126 Å². The van der Waals surface area contributed by atoms with Crippen molar-refractivity contribution >= 4 is 11.6 Å². The van der Waals surface area contributed by atoms with Gasteiger partial charge in [-0.25, -0.2) is 9.07 Å². The predicted molar refractivity (Wildman–Crippen MR) is 56.6 cm³/mol. The lowest BCUT2D eigenvalue weighted by molar-refractivity contribution is -0.384. The fraction of sp³-hybridized carbons (Fsp3) is 0. The summed E-state index contributed by atoms with van der Waals surface area (Å²) in [6.07, 6.45) is 0. The van der Waals surface area contributed by atoms with E-state index in [2.05, 4.69) is 10.2 Å². The Morgan fingerprint density at radius 2 is 2.12 bits per heavy atom. The van der Waals surface area contributed by atoms with Gasteiger partial charge in [0.05, 0.1) is 16.6 Å². The van der Waals surface area contributed by atoms with E-state index < -0.39 is 16.4 Å². The molecule has 0 aliphatic carbocycles. The number of nitro groups is 1. The van der Waals surface area contributed by atoms with Crippen LogP contribution in [-0.2, 0) is 0 Å². The van der Waals surface area contributed by atoms with Crippen LogP contribution in [0.1, 0.15) is 0 Å². The summed E-state index contributed by atoms with van der Waals surface area (Å²) in [5, 5.41) is 17.8. The summed E-state index contributed by atoms with van der Waals surface area (Å²) in [7, 11) is 0. The van der Waals surface area contributed by atoms with E-state index in [-0.39, 0.29) is 17.3 Å². The van der Waals surface area contributed by atoms with E-state index in [1.807, 2.05) is 0 Å². The van der Waals surface area contributed by atoms with Gasteiger partial charge in [0.1, 0.15) is 5.82 Å². The highest BCUT2D eigenvalue weighted by atomic mass is 19.1. The maximum Gasteiger partial charge on any atom is 0.283 e. The highest BCUT2D eigenvalue weighted by Gasteiger charge is 2.21. The number of benzene rings is 1. The second-order valence-electron chi connectivity index (χ2n) is 3.17. The quantitative estimate of drug-likeness (QED) is 0.439. The number of hydrogen-bond donors (Lipinski definition) is 2. The Hall–Kier alpha value is -2.71. The van der Waals surface area contributed by atoms with Gasteiger partial charge in [-0.05, 0) is 12.1 Å². The highest BCUT2D eigenvalue weighted by Crippen LogP contribution is 2.28. The molecule has 4 N–H and O–H groups in total. The van der Waals surface area contributed by atoms with Crippen LogP contribution in [0.4, 0.5) is 16.0 Å². The Bertz CT molecular complexity index is 596. The number of nitrogens with two attached hydrogens (primary N) is 2. The zero-order chi connectivity index (χ0) is 12.6. The Labute approximate surface area is 93.8 Å². The fourth-order valence-corrected chi connectivity index (χ4v) is 1.33. The van der Waals surface area contributed by atoms with E-state index in [0.717, 1.165) is 16.8 Å². The van der Waals surface area contributed by atoms with Crippen LogP contribution in [0.5, 0.6) is 0 Å². The average Bonchev–Trinajstić information content (AvgIpc) is 2.60. The van der Waals surface area contributed by atoms with Crippen molar-refractivity contribution in [1.82, 2.24) is 14.9 Å². The summed E-state index contributed by atoms with van der Waals surface area (Å²) >= 11 is 0. The Kier molecular flexibility index (Phi) is 2.35. The smallest absolute Gasteiger partial charge is 0.283 e. The van der Waals surface area contributed by atoms with Crippen LogP contribution in [0.3, 0.4) is 0 Å². The average molecular weight is 238 g/mol. The molecule has 0 saturated heterocycles. The van der Waals surface area contributed by atoms with E-state index in [1.54, 1.807) is 0 Å². The van der Waals surface area contributed by atoms with Crippen molar-refractivity contribution in [2.24, 2.45) is 0 Å². The minimum atomic E-state index is -0.733. The van der Waals surface area contributed by atoms with Crippen LogP contribution in [0.2, 0.25) is 0 Å². The van der Waals surface area contributed by atoms with Crippen LogP contribution in [-0.4, -0.2) is 19.8 Å². The lowest BCUT2D eigenvalue weighted by Gasteiger charge is -2.02. The number of hydrogen-bond acceptors (Lipinski definition) is 6. The Morgan fingerprint density at radius 1 is 1.41 bits per heavy atom. The van der Waals surface area contributed by atoms with Gasteiger partial charge in [-0.15, -0.1) is 10.2 Å². The van der Waals surface area contributed by atoms with Gasteiger partial charge < -0.3 is 11.6 Å². The molecule has 0 spiro atoms. The first kappa shape index (κ1) is 10.8. The van der Waals surface area contributed by atoms with E-state index in [1.165, 1.54) is 6.07 Å². The minimum Gasteiger partial charge on any atom is -0.366 e. The largest absolute Gasteiger partial charge is 0.366 e. The summed E-state index contributed by atoms with van der Waals surface area (Å²) in [5.74, 6) is 4.66. The summed E-state index contributed by atoms with van der Waals surface area (Å²) in [6.45, 7) is 0. The Morgan fingerprint density at radius 3 is 2.65 bits per heavy atom. The van der Waals surface area contributed by atoms with Gasteiger partial charge in [0.2, 0.25) is 5.95 Å². The minimum absolute atomic E-state index is 0.00537. The molecule has 1 heterocycles. The van der Waals surface area contributed by atoms with E-state index in [0.29, 0.717) is 0 Å². The third-order valence-electron chi connectivity index (χ3n) is 2.12. The molecule has 0 aliphatic rings. The van der Waals surface area contributed by atoms with Crippen molar-refractivity contribution in [3.8, 4) is 11.4 Å². The lowest BCUT2D eigenvalue weighted by atomic mass is 10.1. The zero-order valence-electron chi connectivity index (χ0n) is 8.37. The lowest BCUT2D eigenvalue weighted by Crippen LogP contribution is -2.13. The molecule has 88 valence electrons. The third kappa shape index (κ3) is 1.73. The molecular formula is C8H7FN6O2.